The fraction of sp³-hybridized carbons (Fsp3) is 0.846. The Morgan fingerprint density at radius 3 is 2.76 bits per heavy atom. The first kappa shape index (κ1) is 12.6. The van der Waals surface area contributed by atoms with E-state index in [2.05, 4.69) is 36.2 Å². The smallest absolute Gasteiger partial charge is 0.240 e. The van der Waals surface area contributed by atoms with E-state index < -0.39 is 0 Å². The summed E-state index contributed by atoms with van der Waals surface area (Å²) < 4.78 is 5.21. The molecule has 0 saturated heterocycles. The van der Waals surface area contributed by atoms with E-state index in [4.69, 9.17) is 4.52 Å². The first-order valence-electron chi connectivity index (χ1n) is 6.55. The van der Waals surface area contributed by atoms with Crippen LogP contribution in [0, 0.1) is 11.3 Å². The van der Waals surface area contributed by atoms with E-state index in [1.165, 1.54) is 12.8 Å². The lowest BCUT2D eigenvalue weighted by Gasteiger charge is -2.15. The van der Waals surface area contributed by atoms with Crippen molar-refractivity contribution in [2.75, 3.05) is 6.54 Å². The summed E-state index contributed by atoms with van der Waals surface area (Å²) in [5.74, 6) is 2.44. The van der Waals surface area contributed by atoms with Crippen LogP contribution < -0.4 is 5.32 Å². The summed E-state index contributed by atoms with van der Waals surface area (Å²) in [6.45, 7) is 8.47. The van der Waals surface area contributed by atoms with Gasteiger partial charge in [-0.3, -0.25) is 0 Å². The molecule has 4 heteroatoms. The van der Waals surface area contributed by atoms with Crippen molar-refractivity contribution in [3.8, 4) is 0 Å². The standard InChI is InChI=1S/C13H23N3O/c1-13(2,3)7-6-11-15-12(17-16-11)9-14-8-10-4-5-10/h10,14H,4-9H2,1-3H3. The van der Waals surface area contributed by atoms with E-state index >= 15 is 0 Å². The second-order valence-corrected chi connectivity index (χ2v) is 6.24. The van der Waals surface area contributed by atoms with E-state index in [1.807, 2.05) is 0 Å². The highest BCUT2D eigenvalue weighted by Crippen LogP contribution is 2.27. The van der Waals surface area contributed by atoms with Crippen LogP contribution in [0.2, 0.25) is 0 Å². The number of nitrogens with zero attached hydrogens (tertiary/aromatic N) is 2. The molecule has 0 unspecified atom stereocenters. The van der Waals surface area contributed by atoms with E-state index in [-0.39, 0.29) is 0 Å². The first-order valence-corrected chi connectivity index (χ1v) is 6.55. The zero-order valence-electron chi connectivity index (χ0n) is 11.1. The fourth-order valence-corrected chi connectivity index (χ4v) is 1.66. The molecular formula is C13H23N3O. The van der Waals surface area contributed by atoms with E-state index in [1.54, 1.807) is 0 Å². The maximum atomic E-state index is 5.21. The average molecular weight is 237 g/mol. The Bertz CT molecular complexity index is 350. The molecule has 4 nitrogen and oxygen atoms in total. The number of hydrogen-bond donors (Lipinski definition) is 1. The number of hydrogen-bond acceptors (Lipinski definition) is 4. The van der Waals surface area contributed by atoms with Crippen LogP contribution in [0.25, 0.3) is 0 Å². The highest BCUT2D eigenvalue weighted by atomic mass is 16.5. The van der Waals surface area contributed by atoms with Crippen molar-refractivity contribution in [3.05, 3.63) is 11.7 Å². The van der Waals surface area contributed by atoms with Crippen molar-refractivity contribution in [2.24, 2.45) is 11.3 Å². The molecule has 0 radical (unpaired) electrons. The van der Waals surface area contributed by atoms with Gasteiger partial charge >= 0.3 is 0 Å². The minimum absolute atomic E-state index is 0.324. The van der Waals surface area contributed by atoms with Crippen LogP contribution in [0.5, 0.6) is 0 Å². The summed E-state index contributed by atoms with van der Waals surface area (Å²) in [5.41, 5.74) is 0.324. The third-order valence-electron chi connectivity index (χ3n) is 3.01. The molecule has 1 aromatic rings. The molecule has 0 spiro atoms. The molecule has 96 valence electrons. The number of rotatable bonds is 6. The summed E-state index contributed by atoms with van der Waals surface area (Å²) in [5, 5.41) is 7.36. The van der Waals surface area contributed by atoms with Crippen molar-refractivity contribution < 1.29 is 4.52 Å². The topological polar surface area (TPSA) is 51.0 Å². The van der Waals surface area contributed by atoms with Crippen molar-refractivity contribution in [2.45, 2.75) is 53.0 Å². The van der Waals surface area contributed by atoms with Gasteiger partial charge in [0.2, 0.25) is 5.89 Å². The Kier molecular flexibility index (Phi) is 3.82. The highest BCUT2D eigenvalue weighted by molar-refractivity contribution is 4.88. The molecule has 1 fully saturated rings. The van der Waals surface area contributed by atoms with Crippen LogP contribution in [0.1, 0.15) is 51.7 Å². The van der Waals surface area contributed by atoms with Crippen LogP contribution in [0.15, 0.2) is 4.52 Å². The summed E-state index contributed by atoms with van der Waals surface area (Å²) in [4.78, 5) is 4.39. The van der Waals surface area contributed by atoms with E-state index in [9.17, 15) is 0 Å². The lowest BCUT2D eigenvalue weighted by atomic mass is 9.90. The molecule has 1 heterocycles. The van der Waals surface area contributed by atoms with Gasteiger partial charge in [0, 0.05) is 6.42 Å². The Labute approximate surface area is 103 Å². The molecule has 0 atom stereocenters. The Balaban J connectivity index is 1.70. The van der Waals surface area contributed by atoms with Gasteiger partial charge in [-0.1, -0.05) is 25.9 Å². The van der Waals surface area contributed by atoms with Crippen LogP contribution in [0.4, 0.5) is 0 Å². The van der Waals surface area contributed by atoms with Crippen molar-refractivity contribution in [3.63, 3.8) is 0 Å². The molecule has 1 N–H and O–H groups in total. The van der Waals surface area contributed by atoms with Gasteiger partial charge in [0.15, 0.2) is 5.82 Å². The Morgan fingerprint density at radius 1 is 1.35 bits per heavy atom. The molecule has 1 saturated carbocycles. The van der Waals surface area contributed by atoms with Crippen LogP contribution in [0.3, 0.4) is 0 Å². The molecular weight excluding hydrogens is 214 g/mol. The SMILES string of the molecule is CC(C)(C)CCc1noc(CNCC2CC2)n1. The average Bonchev–Trinajstić information content (AvgIpc) is 2.93. The van der Waals surface area contributed by atoms with Gasteiger partial charge in [0.25, 0.3) is 0 Å². The van der Waals surface area contributed by atoms with Crippen LogP contribution >= 0.6 is 0 Å². The summed E-state index contributed by atoms with van der Waals surface area (Å²) >= 11 is 0. The third kappa shape index (κ3) is 4.86. The van der Waals surface area contributed by atoms with Crippen LogP contribution in [-0.4, -0.2) is 16.7 Å². The van der Waals surface area contributed by atoms with E-state index in [0.29, 0.717) is 12.0 Å². The normalized spacial score (nSPS) is 16.4. The lowest BCUT2D eigenvalue weighted by Crippen LogP contribution is -2.16. The zero-order valence-corrected chi connectivity index (χ0v) is 11.1. The maximum absolute atomic E-state index is 5.21. The quantitative estimate of drug-likeness (QED) is 0.826. The number of aromatic nitrogens is 2. The van der Waals surface area contributed by atoms with E-state index in [0.717, 1.165) is 37.0 Å². The molecule has 1 aromatic heterocycles. The van der Waals surface area contributed by atoms with Gasteiger partial charge in [-0.25, -0.2) is 0 Å². The molecule has 1 aliphatic rings. The molecule has 0 aliphatic heterocycles. The predicted molar refractivity (Wildman–Crippen MR) is 66.5 cm³/mol. The Hall–Kier alpha value is -0.900. The molecule has 1 aliphatic carbocycles. The lowest BCUT2D eigenvalue weighted by molar-refractivity contribution is 0.350. The van der Waals surface area contributed by atoms with Gasteiger partial charge in [0.05, 0.1) is 6.54 Å². The summed E-state index contributed by atoms with van der Waals surface area (Å²) in [6.07, 6.45) is 4.72. The van der Waals surface area contributed by atoms with Gasteiger partial charge in [-0.15, -0.1) is 0 Å². The van der Waals surface area contributed by atoms with Gasteiger partial charge in [-0.05, 0) is 37.1 Å². The summed E-state index contributed by atoms with van der Waals surface area (Å²) in [6, 6.07) is 0. The highest BCUT2D eigenvalue weighted by Gasteiger charge is 2.20. The van der Waals surface area contributed by atoms with Crippen LogP contribution in [-0.2, 0) is 13.0 Å². The second-order valence-electron chi connectivity index (χ2n) is 6.24. The minimum Gasteiger partial charge on any atom is -0.338 e. The van der Waals surface area contributed by atoms with Gasteiger partial charge in [0.1, 0.15) is 0 Å². The molecule has 0 aromatic carbocycles. The molecule has 2 rings (SSSR count). The fourth-order valence-electron chi connectivity index (χ4n) is 1.66. The van der Waals surface area contributed by atoms with Gasteiger partial charge in [-0.2, -0.15) is 4.98 Å². The van der Waals surface area contributed by atoms with Crippen molar-refractivity contribution in [1.82, 2.24) is 15.5 Å². The number of aryl methyl sites for hydroxylation is 1. The predicted octanol–water partition coefficient (Wildman–Crippen LogP) is 2.55. The first-order chi connectivity index (χ1) is 8.03. The van der Waals surface area contributed by atoms with Gasteiger partial charge < -0.3 is 9.84 Å². The summed E-state index contributed by atoms with van der Waals surface area (Å²) in [7, 11) is 0. The largest absolute Gasteiger partial charge is 0.338 e. The third-order valence-corrected chi connectivity index (χ3v) is 3.01. The van der Waals surface area contributed by atoms with Crippen molar-refractivity contribution >= 4 is 0 Å². The molecule has 0 amide bonds. The van der Waals surface area contributed by atoms with Crippen molar-refractivity contribution in [1.29, 1.82) is 0 Å². The molecule has 17 heavy (non-hydrogen) atoms. The maximum Gasteiger partial charge on any atom is 0.240 e. The minimum atomic E-state index is 0.324. The second kappa shape index (κ2) is 5.17. The Morgan fingerprint density at radius 2 is 2.12 bits per heavy atom. The number of nitrogens with one attached hydrogen (secondary N) is 1. The molecule has 0 bridgehead atoms. The monoisotopic (exact) mass is 237 g/mol. The zero-order chi connectivity index (χ0) is 12.3.